The minimum atomic E-state index is -0.756. The first-order chi connectivity index (χ1) is 9.92. The van der Waals surface area contributed by atoms with Crippen molar-refractivity contribution in [3.05, 3.63) is 69.8 Å². The van der Waals surface area contributed by atoms with Crippen molar-refractivity contribution in [1.29, 1.82) is 0 Å². The van der Waals surface area contributed by atoms with Gasteiger partial charge in [0.05, 0.1) is 0 Å². The molecule has 21 heavy (non-hydrogen) atoms. The highest BCUT2D eigenvalue weighted by Crippen LogP contribution is 2.25. The largest absolute Gasteiger partial charge is 0.313 e. The smallest absolute Gasteiger partial charge is 0.163 e. The van der Waals surface area contributed by atoms with Crippen molar-refractivity contribution in [2.24, 2.45) is 0 Å². The standard InChI is InChI=1S/C18H21F2N/c1-11-7-12(2)9-14(8-11)10-16(21-4)15-6-5-13(3)17(19)18(15)20/h5-9,16,21H,10H2,1-4H3. The van der Waals surface area contributed by atoms with E-state index in [0.717, 1.165) is 5.56 Å². The SMILES string of the molecule is CNC(Cc1cc(C)cc(C)c1)c1ccc(C)c(F)c1F. The minimum absolute atomic E-state index is 0.249. The van der Waals surface area contributed by atoms with Crippen molar-refractivity contribution in [1.82, 2.24) is 5.32 Å². The highest BCUT2D eigenvalue weighted by molar-refractivity contribution is 5.32. The predicted molar refractivity (Wildman–Crippen MR) is 82.5 cm³/mol. The molecule has 0 fully saturated rings. The van der Waals surface area contributed by atoms with Crippen LogP contribution in [-0.2, 0) is 6.42 Å². The number of rotatable bonds is 4. The van der Waals surface area contributed by atoms with E-state index in [4.69, 9.17) is 0 Å². The fourth-order valence-corrected chi connectivity index (χ4v) is 2.72. The number of halogens is 2. The average Bonchev–Trinajstić information content (AvgIpc) is 2.42. The maximum absolute atomic E-state index is 14.1. The van der Waals surface area contributed by atoms with E-state index in [-0.39, 0.29) is 6.04 Å². The molecule has 3 heteroatoms. The van der Waals surface area contributed by atoms with Crippen LogP contribution in [0.4, 0.5) is 8.78 Å². The Bertz CT molecular complexity index is 630. The lowest BCUT2D eigenvalue weighted by atomic mass is 9.95. The van der Waals surface area contributed by atoms with Crippen molar-refractivity contribution in [3.8, 4) is 0 Å². The Balaban J connectivity index is 2.34. The summed E-state index contributed by atoms with van der Waals surface area (Å²) in [7, 11) is 1.77. The second-order valence-electron chi connectivity index (χ2n) is 5.64. The highest BCUT2D eigenvalue weighted by Gasteiger charge is 2.18. The van der Waals surface area contributed by atoms with E-state index < -0.39 is 11.6 Å². The molecule has 0 amide bonds. The van der Waals surface area contributed by atoms with E-state index in [0.29, 0.717) is 17.5 Å². The van der Waals surface area contributed by atoms with Gasteiger partial charge in [0.1, 0.15) is 0 Å². The van der Waals surface area contributed by atoms with Crippen molar-refractivity contribution in [2.75, 3.05) is 7.05 Å². The number of likely N-dealkylation sites (N-methyl/N-ethyl adjacent to an activating group) is 1. The second-order valence-corrected chi connectivity index (χ2v) is 5.64. The van der Waals surface area contributed by atoms with E-state index >= 15 is 0 Å². The van der Waals surface area contributed by atoms with Crippen LogP contribution < -0.4 is 5.32 Å². The van der Waals surface area contributed by atoms with Crippen LogP contribution in [-0.4, -0.2) is 7.05 Å². The second kappa shape index (κ2) is 6.35. The van der Waals surface area contributed by atoms with Crippen LogP contribution in [0, 0.1) is 32.4 Å². The number of hydrogen-bond acceptors (Lipinski definition) is 1. The van der Waals surface area contributed by atoms with Gasteiger partial charge in [0.15, 0.2) is 11.6 Å². The zero-order valence-electron chi connectivity index (χ0n) is 12.9. The summed E-state index contributed by atoms with van der Waals surface area (Å²) in [5.41, 5.74) is 4.18. The fraction of sp³-hybridized carbons (Fsp3) is 0.333. The van der Waals surface area contributed by atoms with Gasteiger partial charge in [0, 0.05) is 11.6 Å². The molecule has 1 N–H and O–H groups in total. The summed E-state index contributed by atoms with van der Waals surface area (Å²) in [6, 6.07) is 9.31. The van der Waals surface area contributed by atoms with Gasteiger partial charge in [-0.3, -0.25) is 0 Å². The van der Waals surface area contributed by atoms with Crippen LogP contribution in [0.5, 0.6) is 0 Å². The van der Waals surface area contributed by atoms with Crippen molar-refractivity contribution in [2.45, 2.75) is 33.2 Å². The third kappa shape index (κ3) is 3.48. The van der Waals surface area contributed by atoms with Gasteiger partial charge in [-0.15, -0.1) is 0 Å². The maximum Gasteiger partial charge on any atom is 0.163 e. The lowest BCUT2D eigenvalue weighted by Gasteiger charge is -2.19. The summed E-state index contributed by atoms with van der Waals surface area (Å²) in [6.07, 6.45) is 0.623. The molecule has 0 aliphatic rings. The lowest BCUT2D eigenvalue weighted by molar-refractivity contribution is 0.469. The zero-order chi connectivity index (χ0) is 15.6. The normalized spacial score (nSPS) is 12.5. The van der Waals surface area contributed by atoms with Gasteiger partial charge < -0.3 is 5.32 Å². The zero-order valence-corrected chi connectivity index (χ0v) is 12.9. The van der Waals surface area contributed by atoms with E-state index in [1.807, 2.05) is 13.8 Å². The quantitative estimate of drug-likeness (QED) is 0.880. The highest BCUT2D eigenvalue weighted by atomic mass is 19.2. The molecule has 1 nitrogen and oxygen atoms in total. The van der Waals surface area contributed by atoms with Crippen LogP contribution in [0.1, 0.15) is 33.9 Å². The Morgan fingerprint density at radius 1 is 0.952 bits per heavy atom. The molecule has 0 bridgehead atoms. The summed E-state index contributed by atoms with van der Waals surface area (Å²) < 4.78 is 27.9. The number of aryl methyl sites for hydroxylation is 3. The average molecular weight is 289 g/mol. The summed E-state index contributed by atoms with van der Waals surface area (Å²) in [4.78, 5) is 0. The molecule has 2 aromatic rings. The fourth-order valence-electron chi connectivity index (χ4n) is 2.72. The van der Waals surface area contributed by atoms with Crippen LogP contribution in [0.15, 0.2) is 30.3 Å². The summed E-state index contributed by atoms with van der Waals surface area (Å²) in [5, 5.41) is 3.09. The Morgan fingerprint density at radius 2 is 1.57 bits per heavy atom. The molecule has 0 saturated heterocycles. The molecule has 0 aromatic heterocycles. The van der Waals surface area contributed by atoms with E-state index in [9.17, 15) is 8.78 Å². The van der Waals surface area contributed by atoms with Gasteiger partial charge in [-0.25, -0.2) is 8.78 Å². The molecule has 0 radical (unpaired) electrons. The molecular formula is C18H21F2N. The Labute approximate surface area is 125 Å². The van der Waals surface area contributed by atoms with Gasteiger partial charge in [-0.1, -0.05) is 41.5 Å². The van der Waals surface area contributed by atoms with Crippen molar-refractivity contribution in [3.63, 3.8) is 0 Å². The van der Waals surface area contributed by atoms with Gasteiger partial charge in [0.2, 0.25) is 0 Å². The Kier molecular flexibility index (Phi) is 4.73. The van der Waals surface area contributed by atoms with Crippen LogP contribution in [0.3, 0.4) is 0 Å². The van der Waals surface area contributed by atoms with Gasteiger partial charge in [0.25, 0.3) is 0 Å². The van der Waals surface area contributed by atoms with Gasteiger partial charge in [-0.05, 0) is 45.4 Å². The number of hydrogen-bond donors (Lipinski definition) is 1. The first-order valence-electron chi connectivity index (χ1n) is 7.11. The minimum Gasteiger partial charge on any atom is -0.313 e. The molecule has 1 atom stereocenters. The van der Waals surface area contributed by atoms with Crippen molar-refractivity contribution < 1.29 is 8.78 Å². The molecule has 1 unspecified atom stereocenters. The van der Waals surface area contributed by atoms with E-state index in [1.54, 1.807) is 26.1 Å². The van der Waals surface area contributed by atoms with Crippen LogP contribution in [0.25, 0.3) is 0 Å². The van der Waals surface area contributed by atoms with E-state index in [2.05, 4.69) is 23.5 Å². The first kappa shape index (κ1) is 15.6. The van der Waals surface area contributed by atoms with Gasteiger partial charge >= 0.3 is 0 Å². The monoisotopic (exact) mass is 289 g/mol. The molecule has 0 heterocycles. The van der Waals surface area contributed by atoms with Gasteiger partial charge in [-0.2, -0.15) is 0 Å². The number of benzene rings is 2. The lowest BCUT2D eigenvalue weighted by Crippen LogP contribution is -2.21. The molecule has 2 rings (SSSR count). The molecule has 0 aliphatic heterocycles. The molecule has 2 aromatic carbocycles. The number of nitrogens with one attached hydrogen (secondary N) is 1. The third-order valence-corrected chi connectivity index (χ3v) is 3.75. The third-order valence-electron chi connectivity index (χ3n) is 3.75. The van der Waals surface area contributed by atoms with Crippen LogP contribution >= 0.6 is 0 Å². The molecule has 0 saturated carbocycles. The van der Waals surface area contributed by atoms with Crippen molar-refractivity contribution >= 4 is 0 Å². The summed E-state index contributed by atoms with van der Waals surface area (Å²) in [6.45, 7) is 5.65. The molecule has 0 spiro atoms. The summed E-state index contributed by atoms with van der Waals surface area (Å²) in [5.74, 6) is -1.51. The van der Waals surface area contributed by atoms with Crippen LogP contribution in [0.2, 0.25) is 0 Å². The van der Waals surface area contributed by atoms with E-state index in [1.165, 1.54) is 11.1 Å². The first-order valence-corrected chi connectivity index (χ1v) is 7.11. The maximum atomic E-state index is 14.1. The molecular weight excluding hydrogens is 268 g/mol. The predicted octanol–water partition coefficient (Wildman–Crippen LogP) is 4.39. The molecule has 112 valence electrons. The summed E-state index contributed by atoms with van der Waals surface area (Å²) >= 11 is 0. The Hall–Kier alpha value is -1.74. The Morgan fingerprint density at radius 3 is 2.14 bits per heavy atom. The topological polar surface area (TPSA) is 12.0 Å². The molecule has 0 aliphatic carbocycles.